The van der Waals surface area contributed by atoms with Crippen LogP contribution in [0.15, 0.2) is 66.7 Å². The lowest BCUT2D eigenvalue weighted by atomic mass is 9.59. The van der Waals surface area contributed by atoms with Gasteiger partial charge in [-0.25, -0.2) is 4.79 Å². The summed E-state index contributed by atoms with van der Waals surface area (Å²) in [6.07, 6.45) is 3.69. The van der Waals surface area contributed by atoms with Crippen molar-refractivity contribution in [1.29, 1.82) is 0 Å². The van der Waals surface area contributed by atoms with E-state index in [2.05, 4.69) is 54.7 Å². The van der Waals surface area contributed by atoms with Crippen molar-refractivity contribution in [3.8, 4) is 5.75 Å². The second kappa shape index (κ2) is 8.66. The van der Waals surface area contributed by atoms with Crippen molar-refractivity contribution in [3.05, 3.63) is 94.0 Å². The molecule has 0 aliphatic heterocycles. The molecule has 34 heavy (non-hydrogen) atoms. The van der Waals surface area contributed by atoms with Gasteiger partial charge in [-0.1, -0.05) is 54.1 Å². The number of hydrogen-bond acceptors (Lipinski definition) is 3. The summed E-state index contributed by atoms with van der Waals surface area (Å²) in [5.41, 5.74) is 4.87. The second-order valence-corrected chi connectivity index (χ2v) is 10.3. The van der Waals surface area contributed by atoms with Crippen molar-refractivity contribution < 1.29 is 14.6 Å². The van der Waals surface area contributed by atoms with Gasteiger partial charge in [0.2, 0.25) is 0 Å². The Morgan fingerprint density at radius 3 is 2.47 bits per heavy atom. The van der Waals surface area contributed by atoms with Crippen LogP contribution < -0.4 is 10.1 Å². The molecule has 2 aliphatic rings. The number of carboxylic acids is 1. The van der Waals surface area contributed by atoms with Crippen molar-refractivity contribution in [2.45, 2.75) is 55.9 Å². The first-order valence-electron chi connectivity index (χ1n) is 11.9. The standard InChI is InChI=1S/C29H30ClNO3/c1-19-16-21(10-11-26(19)34-2)25-17-20-6-3-4-9-24(20)28(25)12-14-29(15-13-28,27(32)33)31-23-8-5-7-22(30)18-23/h3-11,16,18,25,31H,12-15,17H2,1-2H3,(H,32,33)/t25-,28?,29?/m1/s1. The first-order valence-corrected chi connectivity index (χ1v) is 12.2. The Bertz CT molecular complexity index is 1230. The predicted octanol–water partition coefficient (Wildman–Crippen LogP) is 6.74. The van der Waals surface area contributed by atoms with E-state index in [0.717, 1.165) is 36.3 Å². The maximum atomic E-state index is 12.6. The maximum absolute atomic E-state index is 12.6. The summed E-state index contributed by atoms with van der Waals surface area (Å²) in [5, 5.41) is 14.3. The van der Waals surface area contributed by atoms with Crippen molar-refractivity contribution in [2.24, 2.45) is 0 Å². The summed E-state index contributed by atoms with van der Waals surface area (Å²) in [7, 11) is 1.70. The molecule has 5 heteroatoms. The largest absolute Gasteiger partial charge is 0.496 e. The quantitative estimate of drug-likeness (QED) is 0.428. The molecule has 1 atom stereocenters. The molecular formula is C29H30ClNO3. The molecule has 4 nitrogen and oxygen atoms in total. The highest BCUT2D eigenvalue weighted by Gasteiger charge is 2.54. The topological polar surface area (TPSA) is 58.6 Å². The predicted molar refractivity (Wildman–Crippen MR) is 136 cm³/mol. The van der Waals surface area contributed by atoms with E-state index in [4.69, 9.17) is 16.3 Å². The van der Waals surface area contributed by atoms with Crippen molar-refractivity contribution in [2.75, 3.05) is 12.4 Å². The van der Waals surface area contributed by atoms with Crippen LogP contribution in [-0.2, 0) is 16.6 Å². The highest BCUT2D eigenvalue weighted by molar-refractivity contribution is 6.30. The monoisotopic (exact) mass is 475 g/mol. The van der Waals surface area contributed by atoms with Crippen LogP contribution in [0.5, 0.6) is 5.75 Å². The minimum absolute atomic E-state index is 0.0768. The van der Waals surface area contributed by atoms with Gasteiger partial charge in [-0.15, -0.1) is 0 Å². The van der Waals surface area contributed by atoms with Gasteiger partial charge in [-0.05, 0) is 91.5 Å². The van der Waals surface area contributed by atoms with E-state index >= 15 is 0 Å². The van der Waals surface area contributed by atoms with E-state index < -0.39 is 11.5 Å². The number of aryl methyl sites for hydroxylation is 1. The SMILES string of the molecule is COc1ccc([C@H]2Cc3ccccc3C23CCC(Nc2cccc(Cl)c2)(C(=O)O)CC3)cc1C. The van der Waals surface area contributed by atoms with Crippen LogP contribution in [0.2, 0.25) is 5.02 Å². The average Bonchev–Trinajstić information content (AvgIpc) is 3.15. The van der Waals surface area contributed by atoms with Gasteiger partial charge in [-0.3, -0.25) is 0 Å². The summed E-state index contributed by atoms with van der Waals surface area (Å²) in [6, 6.07) is 22.5. The van der Waals surface area contributed by atoms with Crippen LogP contribution in [0.3, 0.4) is 0 Å². The normalized spacial score (nSPS) is 25.7. The molecule has 1 fully saturated rings. The molecule has 3 aromatic rings. The van der Waals surface area contributed by atoms with Crippen LogP contribution >= 0.6 is 11.6 Å². The van der Waals surface area contributed by atoms with E-state index in [1.807, 2.05) is 12.1 Å². The van der Waals surface area contributed by atoms with Crippen LogP contribution in [0, 0.1) is 6.92 Å². The molecular weight excluding hydrogens is 446 g/mol. The lowest BCUT2D eigenvalue weighted by molar-refractivity contribution is -0.144. The van der Waals surface area contributed by atoms with Gasteiger partial charge in [0, 0.05) is 16.1 Å². The second-order valence-electron chi connectivity index (χ2n) is 9.82. The molecule has 0 saturated heterocycles. The molecule has 5 rings (SSSR count). The van der Waals surface area contributed by atoms with Crippen LogP contribution in [0.4, 0.5) is 5.69 Å². The van der Waals surface area contributed by atoms with E-state index in [0.29, 0.717) is 23.8 Å². The fourth-order valence-electron chi connectivity index (χ4n) is 6.32. The molecule has 0 unspecified atom stereocenters. The van der Waals surface area contributed by atoms with Crippen molar-refractivity contribution in [3.63, 3.8) is 0 Å². The van der Waals surface area contributed by atoms with Gasteiger partial charge >= 0.3 is 5.97 Å². The summed E-state index contributed by atoms with van der Waals surface area (Å²) in [6.45, 7) is 2.09. The Morgan fingerprint density at radius 2 is 1.79 bits per heavy atom. The molecule has 0 radical (unpaired) electrons. The fraction of sp³-hybridized carbons (Fsp3) is 0.345. The molecule has 0 heterocycles. The van der Waals surface area contributed by atoms with E-state index in [9.17, 15) is 9.90 Å². The number of ether oxygens (including phenoxy) is 1. The summed E-state index contributed by atoms with van der Waals surface area (Å²) >= 11 is 6.17. The molecule has 2 aliphatic carbocycles. The van der Waals surface area contributed by atoms with Crippen LogP contribution in [0.1, 0.15) is 53.9 Å². The highest BCUT2D eigenvalue weighted by Crippen LogP contribution is 2.58. The van der Waals surface area contributed by atoms with Gasteiger partial charge < -0.3 is 15.2 Å². The van der Waals surface area contributed by atoms with Crippen LogP contribution in [0.25, 0.3) is 0 Å². The number of methoxy groups -OCH3 is 1. The average molecular weight is 476 g/mol. The Labute approximate surface area is 205 Å². The number of benzene rings is 3. The summed E-state index contributed by atoms with van der Waals surface area (Å²) < 4.78 is 5.50. The van der Waals surface area contributed by atoms with Gasteiger partial charge in [0.1, 0.15) is 11.3 Å². The number of aliphatic carboxylic acids is 1. The molecule has 0 bridgehead atoms. The fourth-order valence-corrected chi connectivity index (χ4v) is 6.51. The third-order valence-electron chi connectivity index (χ3n) is 8.08. The number of nitrogens with one attached hydrogen (secondary N) is 1. The Kier molecular flexibility index (Phi) is 5.81. The number of anilines is 1. The van der Waals surface area contributed by atoms with E-state index in [1.165, 1.54) is 16.7 Å². The first kappa shape index (κ1) is 22.8. The van der Waals surface area contributed by atoms with Crippen molar-refractivity contribution >= 4 is 23.3 Å². The molecule has 3 aromatic carbocycles. The molecule has 176 valence electrons. The Morgan fingerprint density at radius 1 is 1.03 bits per heavy atom. The first-order chi connectivity index (χ1) is 16.4. The van der Waals surface area contributed by atoms with E-state index in [1.54, 1.807) is 19.2 Å². The number of halogens is 1. The number of fused-ring (bicyclic) bond motifs is 2. The summed E-state index contributed by atoms with van der Waals surface area (Å²) in [5.74, 6) is 0.408. The third-order valence-corrected chi connectivity index (χ3v) is 8.31. The zero-order valence-electron chi connectivity index (χ0n) is 19.6. The minimum atomic E-state index is -1.01. The Balaban J connectivity index is 1.51. The zero-order valence-corrected chi connectivity index (χ0v) is 20.4. The number of carbonyl (C=O) groups is 1. The molecule has 1 saturated carbocycles. The smallest absolute Gasteiger partial charge is 0.329 e. The highest BCUT2D eigenvalue weighted by atomic mass is 35.5. The van der Waals surface area contributed by atoms with Gasteiger partial charge in [-0.2, -0.15) is 0 Å². The molecule has 1 spiro atoms. The van der Waals surface area contributed by atoms with Gasteiger partial charge in [0.25, 0.3) is 0 Å². The number of rotatable bonds is 5. The third kappa shape index (κ3) is 3.74. The lowest BCUT2D eigenvalue weighted by Gasteiger charge is -2.47. The summed E-state index contributed by atoms with van der Waals surface area (Å²) in [4.78, 5) is 12.6. The Hall–Kier alpha value is -2.98. The number of hydrogen-bond donors (Lipinski definition) is 2. The van der Waals surface area contributed by atoms with E-state index in [-0.39, 0.29) is 5.41 Å². The maximum Gasteiger partial charge on any atom is 0.329 e. The van der Waals surface area contributed by atoms with Crippen LogP contribution in [-0.4, -0.2) is 23.7 Å². The number of carboxylic acid groups (broad SMARTS) is 1. The molecule has 0 amide bonds. The van der Waals surface area contributed by atoms with Gasteiger partial charge in [0.05, 0.1) is 7.11 Å². The zero-order chi connectivity index (χ0) is 23.9. The minimum Gasteiger partial charge on any atom is -0.496 e. The molecule has 0 aromatic heterocycles. The molecule has 2 N–H and O–H groups in total. The van der Waals surface area contributed by atoms with Crippen molar-refractivity contribution in [1.82, 2.24) is 0 Å². The van der Waals surface area contributed by atoms with Gasteiger partial charge in [0.15, 0.2) is 0 Å². The lowest BCUT2D eigenvalue weighted by Crippen LogP contribution is -2.52.